The number of anilines is 2. The predicted octanol–water partition coefficient (Wildman–Crippen LogP) is 4.36. The van der Waals surface area contributed by atoms with Crippen LogP contribution in [0.5, 0.6) is 0 Å². The van der Waals surface area contributed by atoms with E-state index in [9.17, 15) is 18.0 Å². The summed E-state index contributed by atoms with van der Waals surface area (Å²) < 4.78 is 39.2. The van der Waals surface area contributed by atoms with Crippen molar-refractivity contribution in [1.82, 2.24) is 9.88 Å². The third-order valence-corrected chi connectivity index (χ3v) is 4.51. The highest BCUT2D eigenvalue weighted by molar-refractivity contribution is 5.89. The number of rotatable bonds is 4. The zero-order valence-electron chi connectivity index (χ0n) is 15.0. The van der Waals surface area contributed by atoms with E-state index >= 15 is 0 Å². The Bertz CT molecular complexity index is 786. The summed E-state index contributed by atoms with van der Waals surface area (Å²) in [4.78, 5) is 20.0. The molecular weight excluding hydrogens is 357 g/mol. The van der Waals surface area contributed by atoms with Gasteiger partial charge >= 0.3 is 12.2 Å². The molecule has 0 atom stereocenters. The lowest BCUT2D eigenvalue weighted by Gasteiger charge is -2.21. The second kappa shape index (κ2) is 7.85. The summed E-state index contributed by atoms with van der Waals surface area (Å²) in [6, 6.07) is 8.33. The fourth-order valence-corrected chi connectivity index (χ4v) is 3.07. The van der Waals surface area contributed by atoms with Crippen molar-refractivity contribution in [2.75, 3.05) is 30.4 Å². The quantitative estimate of drug-likeness (QED) is 0.860. The van der Waals surface area contributed by atoms with E-state index in [1.54, 1.807) is 12.3 Å². The topological polar surface area (TPSA) is 48.5 Å². The van der Waals surface area contributed by atoms with Gasteiger partial charge in [0.1, 0.15) is 5.82 Å². The maximum atomic E-state index is 13.1. The molecule has 0 radical (unpaired) electrons. The number of nitrogens with zero attached hydrogens (tertiary/aromatic N) is 3. The number of benzene rings is 1. The molecule has 1 aromatic heterocycles. The normalized spacial score (nSPS) is 14.3. The Morgan fingerprint density at radius 1 is 1.19 bits per heavy atom. The molecule has 0 aliphatic carbocycles. The molecule has 1 aliphatic rings. The third-order valence-electron chi connectivity index (χ3n) is 4.51. The van der Waals surface area contributed by atoms with Gasteiger partial charge in [0.2, 0.25) is 0 Å². The van der Waals surface area contributed by atoms with Gasteiger partial charge < -0.3 is 15.1 Å². The van der Waals surface area contributed by atoms with Gasteiger partial charge in [0.25, 0.3) is 0 Å². The van der Waals surface area contributed by atoms with E-state index in [4.69, 9.17) is 0 Å². The third kappa shape index (κ3) is 4.69. The number of hydrogen-bond donors (Lipinski definition) is 1. The van der Waals surface area contributed by atoms with Crippen LogP contribution in [0.1, 0.15) is 24.0 Å². The van der Waals surface area contributed by atoms with Gasteiger partial charge in [-0.3, -0.25) is 0 Å². The molecular formula is C19H21F3N4O. The smallest absolute Gasteiger partial charge is 0.357 e. The zero-order valence-corrected chi connectivity index (χ0v) is 15.0. The van der Waals surface area contributed by atoms with Crippen LogP contribution in [0.25, 0.3) is 0 Å². The van der Waals surface area contributed by atoms with Crippen molar-refractivity contribution in [3.8, 4) is 0 Å². The lowest BCUT2D eigenvalue weighted by atomic mass is 10.1. The lowest BCUT2D eigenvalue weighted by Crippen LogP contribution is -2.31. The number of pyridine rings is 1. The molecule has 2 amide bonds. The Hall–Kier alpha value is -2.77. The van der Waals surface area contributed by atoms with Crippen molar-refractivity contribution in [3.05, 3.63) is 53.7 Å². The predicted molar refractivity (Wildman–Crippen MR) is 97.6 cm³/mol. The highest BCUT2D eigenvalue weighted by Crippen LogP contribution is 2.32. The minimum atomic E-state index is -4.46. The van der Waals surface area contributed by atoms with Crippen LogP contribution in [-0.2, 0) is 12.7 Å². The second-order valence-corrected chi connectivity index (χ2v) is 6.54. The molecule has 8 heteroatoms. The number of urea groups is 1. The fraction of sp³-hybridized carbons (Fsp3) is 0.368. The molecule has 1 N–H and O–H groups in total. The molecule has 0 spiro atoms. The summed E-state index contributed by atoms with van der Waals surface area (Å²) in [6.07, 6.45) is -0.610. The Balaban J connectivity index is 1.63. The average Bonchev–Trinajstić information content (AvgIpc) is 3.16. The van der Waals surface area contributed by atoms with Crippen molar-refractivity contribution >= 4 is 17.5 Å². The molecule has 27 heavy (non-hydrogen) atoms. The minimum absolute atomic E-state index is 0.0464. The molecule has 2 aromatic rings. The van der Waals surface area contributed by atoms with Gasteiger partial charge in [0, 0.05) is 26.7 Å². The lowest BCUT2D eigenvalue weighted by molar-refractivity contribution is -0.138. The molecule has 5 nitrogen and oxygen atoms in total. The number of carbonyl (C=O) groups excluding carboxylic acids is 1. The molecule has 0 unspecified atom stereocenters. The number of nitrogens with one attached hydrogen (secondary N) is 1. The molecule has 1 fully saturated rings. The maximum Gasteiger partial charge on any atom is 0.416 e. The second-order valence-electron chi connectivity index (χ2n) is 6.54. The maximum absolute atomic E-state index is 13.1. The molecule has 2 heterocycles. The van der Waals surface area contributed by atoms with Gasteiger partial charge in [-0.05, 0) is 36.6 Å². The van der Waals surface area contributed by atoms with E-state index in [-0.39, 0.29) is 12.1 Å². The Morgan fingerprint density at radius 3 is 2.52 bits per heavy atom. The van der Waals surface area contributed by atoms with Crippen LogP contribution in [0.3, 0.4) is 0 Å². The number of amides is 2. The van der Waals surface area contributed by atoms with E-state index in [1.165, 1.54) is 30.1 Å². The average molecular weight is 378 g/mol. The van der Waals surface area contributed by atoms with E-state index in [2.05, 4.69) is 15.2 Å². The summed E-state index contributed by atoms with van der Waals surface area (Å²) in [5, 5.41) is 2.66. The van der Waals surface area contributed by atoms with Crippen molar-refractivity contribution in [2.45, 2.75) is 25.6 Å². The number of alkyl halides is 3. The Kier molecular flexibility index (Phi) is 5.53. The monoisotopic (exact) mass is 378 g/mol. The highest BCUT2D eigenvalue weighted by Gasteiger charge is 2.33. The van der Waals surface area contributed by atoms with Gasteiger partial charge in [-0.25, -0.2) is 9.78 Å². The first-order valence-corrected chi connectivity index (χ1v) is 8.73. The number of aromatic nitrogens is 1. The molecule has 3 rings (SSSR count). The molecule has 0 bridgehead atoms. The van der Waals surface area contributed by atoms with E-state index in [1.807, 2.05) is 6.07 Å². The standard InChI is InChI=1S/C19H21F3N4O/c1-25(13-14-6-2-3-7-16(14)19(20,21)22)18(27)24-15-8-9-17(23-12-15)26-10-4-5-11-26/h2-3,6-9,12H,4-5,10-11,13H2,1H3,(H,24,27). The summed E-state index contributed by atoms with van der Waals surface area (Å²) in [5.74, 6) is 0.859. The summed E-state index contributed by atoms with van der Waals surface area (Å²) in [7, 11) is 1.45. The van der Waals surface area contributed by atoms with Gasteiger partial charge in [-0.2, -0.15) is 13.2 Å². The van der Waals surface area contributed by atoms with Crippen LogP contribution >= 0.6 is 0 Å². The molecule has 0 saturated carbocycles. The van der Waals surface area contributed by atoms with E-state index in [0.717, 1.165) is 37.8 Å². The van der Waals surface area contributed by atoms with Crippen molar-refractivity contribution in [2.24, 2.45) is 0 Å². The molecule has 1 aliphatic heterocycles. The SMILES string of the molecule is CN(Cc1ccccc1C(F)(F)F)C(=O)Nc1ccc(N2CCCC2)nc1. The first kappa shape index (κ1) is 19.0. The molecule has 144 valence electrons. The van der Waals surface area contributed by atoms with Gasteiger partial charge in [0.05, 0.1) is 17.4 Å². The Labute approximate surface area is 155 Å². The first-order valence-electron chi connectivity index (χ1n) is 8.73. The van der Waals surface area contributed by atoms with Crippen molar-refractivity contribution in [3.63, 3.8) is 0 Å². The largest absolute Gasteiger partial charge is 0.416 e. The number of hydrogen-bond acceptors (Lipinski definition) is 3. The van der Waals surface area contributed by atoms with Gasteiger partial charge in [-0.1, -0.05) is 18.2 Å². The highest BCUT2D eigenvalue weighted by atomic mass is 19.4. The van der Waals surface area contributed by atoms with Crippen LogP contribution in [-0.4, -0.2) is 36.1 Å². The fourth-order valence-electron chi connectivity index (χ4n) is 3.07. The van der Waals surface area contributed by atoms with E-state index in [0.29, 0.717) is 5.69 Å². The first-order chi connectivity index (χ1) is 12.8. The van der Waals surface area contributed by atoms with Crippen LogP contribution in [0, 0.1) is 0 Å². The summed E-state index contributed by atoms with van der Waals surface area (Å²) in [6.45, 7) is 1.79. The summed E-state index contributed by atoms with van der Waals surface area (Å²) in [5.41, 5.74) is -0.189. The van der Waals surface area contributed by atoms with Gasteiger partial charge in [-0.15, -0.1) is 0 Å². The van der Waals surface area contributed by atoms with Gasteiger partial charge in [0.15, 0.2) is 0 Å². The number of carbonyl (C=O) groups is 1. The van der Waals surface area contributed by atoms with Crippen molar-refractivity contribution in [1.29, 1.82) is 0 Å². The van der Waals surface area contributed by atoms with Crippen LogP contribution < -0.4 is 10.2 Å². The summed E-state index contributed by atoms with van der Waals surface area (Å²) >= 11 is 0. The molecule has 1 saturated heterocycles. The zero-order chi connectivity index (χ0) is 19.4. The minimum Gasteiger partial charge on any atom is -0.357 e. The number of halogens is 3. The Morgan fingerprint density at radius 2 is 1.89 bits per heavy atom. The van der Waals surface area contributed by atoms with Crippen molar-refractivity contribution < 1.29 is 18.0 Å². The van der Waals surface area contributed by atoms with Crippen LogP contribution in [0.15, 0.2) is 42.6 Å². The van der Waals surface area contributed by atoms with E-state index < -0.39 is 17.8 Å². The van der Waals surface area contributed by atoms with Crippen LogP contribution in [0.2, 0.25) is 0 Å². The molecule has 1 aromatic carbocycles. The van der Waals surface area contributed by atoms with Crippen LogP contribution in [0.4, 0.5) is 29.5 Å².